The lowest BCUT2D eigenvalue weighted by atomic mass is 10.2. The summed E-state index contributed by atoms with van der Waals surface area (Å²) < 4.78 is 17.7. The van der Waals surface area contributed by atoms with E-state index in [1.54, 1.807) is 40.9 Å². The molecule has 0 spiro atoms. The number of nitrogens with one attached hydrogen (secondary N) is 1. The van der Waals surface area contributed by atoms with Crippen LogP contribution < -0.4 is 19.5 Å². The van der Waals surface area contributed by atoms with Crippen LogP contribution in [0.2, 0.25) is 0 Å². The molecule has 134 valence electrons. The minimum Gasteiger partial charge on any atom is -0.491 e. The lowest BCUT2D eigenvalue weighted by molar-refractivity contribution is 0.0843. The van der Waals surface area contributed by atoms with Gasteiger partial charge in [-0.3, -0.25) is 9.20 Å². The van der Waals surface area contributed by atoms with Crippen LogP contribution in [0, 0.1) is 0 Å². The van der Waals surface area contributed by atoms with E-state index >= 15 is 0 Å². The van der Waals surface area contributed by atoms with E-state index in [4.69, 9.17) is 14.2 Å². The molecule has 3 heterocycles. The molecule has 9 nitrogen and oxygen atoms in total. The van der Waals surface area contributed by atoms with Crippen molar-refractivity contribution in [1.29, 1.82) is 0 Å². The molecule has 1 aliphatic rings. The smallest absolute Gasteiger partial charge is 0.252 e. The van der Waals surface area contributed by atoms with E-state index in [2.05, 4.69) is 15.5 Å². The van der Waals surface area contributed by atoms with Crippen LogP contribution in [0.15, 0.2) is 42.9 Å². The first kappa shape index (κ1) is 16.2. The molecule has 0 aliphatic carbocycles. The highest BCUT2D eigenvalue weighted by molar-refractivity contribution is 5.94. The Morgan fingerprint density at radius 1 is 1.31 bits per heavy atom. The molecule has 0 saturated carbocycles. The second kappa shape index (κ2) is 6.89. The summed E-state index contributed by atoms with van der Waals surface area (Å²) in [4.78, 5) is 12.2. The molecular weight excluding hydrogens is 340 g/mol. The number of aliphatic hydroxyl groups is 1. The summed E-state index contributed by atoms with van der Waals surface area (Å²) in [6, 6.07) is 8.51. The monoisotopic (exact) mass is 356 g/mol. The van der Waals surface area contributed by atoms with Crippen molar-refractivity contribution in [2.24, 2.45) is 0 Å². The number of aliphatic hydroxyl groups excluding tert-OH is 1. The number of carbonyl (C=O) groups is 1. The van der Waals surface area contributed by atoms with E-state index in [0.717, 1.165) is 0 Å². The van der Waals surface area contributed by atoms with Crippen LogP contribution in [0.3, 0.4) is 0 Å². The number of hydrogen-bond acceptors (Lipinski definition) is 7. The van der Waals surface area contributed by atoms with Gasteiger partial charge in [0.1, 0.15) is 24.8 Å². The highest BCUT2D eigenvalue weighted by atomic mass is 16.7. The summed E-state index contributed by atoms with van der Waals surface area (Å²) in [6.45, 7) is 0.280. The molecular formula is C17H16N4O5. The zero-order valence-corrected chi connectivity index (χ0v) is 13.7. The van der Waals surface area contributed by atoms with Gasteiger partial charge in [-0.2, -0.15) is 0 Å². The fourth-order valence-corrected chi connectivity index (χ4v) is 2.49. The number of fused-ring (bicyclic) bond motifs is 2. The van der Waals surface area contributed by atoms with Crippen LogP contribution in [-0.2, 0) is 0 Å². The fourth-order valence-electron chi connectivity index (χ4n) is 2.49. The number of benzene rings is 1. The van der Waals surface area contributed by atoms with Crippen LogP contribution in [0.5, 0.6) is 17.2 Å². The van der Waals surface area contributed by atoms with Gasteiger partial charge in [-0.1, -0.05) is 0 Å². The summed E-state index contributed by atoms with van der Waals surface area (Å²) in [6.07, 6.45) is 2.28. The molecule has 1 atom stereocenters. The molecule has 1 aromatic carbocycles. The minimum atomic E-state index is -0.858. The van der Waals surface area contributed by atoms with Gasteiger partial charge in [0.05, 0.1) is 5.56 Å². The number of rotatable bonds is 6. The van der Waals surface area contributed by atoms with Gasteiger partial charge in [0.2, 0.25) is 6.79 Å². The molecule has 1 unspecified atom stereocenters. The normalized spacial score (nSPS) is 13.6. The molecule has 3 aromatic rings. The summed E-state index contributed by atoms with van der Waals surface area (Å²) >= 11 is 0. The van der Waals surface area contributed by atoms with Gasteiger partial charge in [-0.05, 0) is 24.3 Å². The predicted molar refractivity (Wildman–Crippen MR) is 89.4 cm³/mol. The SMILES string of the molecule is O=C(NCC(O)COc1ccc2c(c1)OCO2)c1ccc2nncn2c1. The average molecular weight is 356 g/mol. The van der Waals surface area contributed by atoms with E-state index in [9.17, 15) is 9.90 Å². The average Bonchev–Trinajstić information content (AvgIpc) is 3.32. The van der Waals surface area contributed by atoms with Crippen LogP contribution in [0.4, 0.5) is 0 Å². The molecule has 4 rings (SSSR count). The first-order valence-electron chi connectivity index (χ1n) is 7.97. The van der Waals surface area contributed by atoms with Gasteiger partial charge < -0.3 is 24.6 Å². The Hall–Kier alpha value is -3.33. The number of pyridine rings is 1. The third-order valence-electron chi connectivity index (χ3n) is 3.84. The highest BCUT2D eigenvalue weighted by Crippen LogP contribution is 2.35. The van der Waals surface area contributed by atoms with Crippen LogP contribution in [0.25, 0.3) is 5.65 Å². The molecule has 9 heteroatoms. The molecule has 0 bridgehead atoms. The molecule has 2 aromatic heterocycles. The van der Waals surface area contributed by atoms with Crippen molar-refractivity contribution < 1.29 is 24.1 Å². The number of nitrogens with zero attached hydrogens (tertiary/aromatic N) is 3. The van der Waals surface area contributed by atoms with E-state index in [0.29, 0.717) is 28.5 Å². The third kappa shape index (κ3) is 3.38. The quantitative estimate of drug-likeness (QED) is 0.667. The van der Waals surface area contributed by atoms with E-state index < -0.39 is 6.10 Å². The Balaban J connectivity index is 1.28. The van der Waals surface area contributed by atoms with Crippen LogP contribution in [-0.4, -0.2) is 51.7 Å². The summed E-state index contributed by atoms with van der Waals surface area (Å²) in [5.41, 5.74) is 1.10. The standard InChI is InChI=1S/C17H16N4O5/c22-12(8-24-13-2-3-14-15(5-13)26-10-25-14)6-18-17(23)11-1-4-16-20-19-9-21(16)7-11/h1-5,7,9,12,22H,6,8,10H2,(H,18,23). The maximum absolute atomic E-state index is 12.2. The molecule has 2 N–H and O–H groups in total. The van der Waals surface area contributed by atoms with Crippen LogP contribution in [0.1, 0.15) is 10.4 Å². The maximum Gasteiger partial charge on any atom is 0.252 e. The lowest BCUT2D eigenvalue weighted by Gasteiger charge is -2.13. The molecule has 26 heavy (non-hydrogen) atoms. The maximum atomic E-state index is 12.2. The van der Waals surface area contributed by atoms with Gasteiger partial charge in [0.25, 0.3) is 5.91 Å². The number of hydrogen-bond donors (Lipinski definition) is 2. The third-order valence-corrected chi connectivity index (χ3v) is 3.84. The van der Waals surface area contributed by atoms with Crippen molar-refractivity contribution in [2.45, 2.75) is 6.10 Å². The molecule has 0 fully saturated rings. The number of carbonyl (C=O) groups excluding carboxylic acids is 1. The number of aromatic nitrogens is 3. The molecule has 0 radical (unpaired) electrons. The van der Waals surface area contributed by atoms with Gasteiger partial charge in [0, 0.05) is 18.8 Å². The number of amides is 1. The zero-order valence-electron chi connectivity index (χ0n) is 13.7. The Morgan fingerprint density at radius 2 is 2.19 bits per heavy atom. The van der Waals surface area contributed by atoms with Gasteiger partial charge in [-0.15, -0.1) is 10.2 Å². The summed E-state index contributed by atoms with van der Waals surface area (Å²) in [5.74, 6) is 1.52. The lowest BCUT2D eigenvalue weighted by Crippen LogP contribution is -2.35. The Bertz CT molecular complexity index is 942. The summed E-state index contributed by atoms with van der Waals surface area (Å²) in [7, 11) is 0. The first-order chi connectivity index (χ1) is 12.7. The van der Waals surface area contributed by atoms with Crippen molar-refractivity contribution >= 4 is 11.6 Å². The van der Waals surface area contributed by atoms with Crippen LogP contribution >= 0.6 is 0 Å². The molecule has 1 aliphatic heterocycles. The zero-order chi connectivity index (χ0) is 17.9. The fraction of sp³-hybridized carbons (Fsp3) is 0.235. The molecule has 0 saturated heterocycles. The van der Waals surface area contributed by atoms with Gasteiger partial charge in [-0.25, -0.2) is 0 Å². The van der Waals surface area contributed by atoms with E-state index in [-0.39, 0.29) is 25.9 Å². The Morgan fingerprint density at radius 3 is 3.12 bits per heavy atom. The van der Waals surface area contributed by atoms with Crippen molar-refractivity contribution in [3.05, 3.63) is 48.4 Å². The van der Waals surface area contributed by atoms with Gasteiger partial charge >= 0.3 is 0 Å². The second-order valence-electron chi connectivity index (χ2n) is 5.70. The van der Waals surface area contributed by atoms with E-state index in [1.165, 1.54) is 6.33 Å². The predicted octanol–water partition coefficient (Wildman–Crippen LogP) is 0.628. The Kier molecular flexibility index (Phi) is 4.28. The van der Waals surface area contributed by atoms with E-state index in [1.807, 2.05) is 0 Å². The summed E-state index contributed by atoms with van der Waals surface area (Å²) in [5, 5.41) is 20.3. The first-order valence-corrected chi connectivity index (χ1v) is 7.97. The van der Waals surface area contributed by atoms with Crippen molar-refractivity contribution in [3.8, 4) is 17.2 Å². The van der Waals surface area contributed by atoms with Gasteiger partial charge in [0.15, 0.2) is 17.1 Å². The highest BCUT2D eigenvalue weighted by Gasteiger charge is 2.15. The van der Waals surface area contributed by atoms with Crippen molar-refractivity contribution in [1.82, 2.24) is 19.9 Å². The topological polar surface area (TPSA) is 107 Å². The second-order valence-corrected chi connectivity index (χ2v) is 5.70. The molecule has 1 amide bonds. The minimum absolute atomic E-state index is 0.0321. The largest absolute Gasteiger partial charge is 0.491 e. The van der Waals surface area contributed by atoms with Crippen molar-refractivity contribution in [2.75, 3.05) is 19.9 Å². The number of ether oxygens (including phenoxy) is 3. The van der Waals surface area contributed by atoms with Crippen molar-refractivity contribution in [3.63, 3.8) is 0 Å². The Labute approximate surface area is 148 Å².